The van der Waals surface area contributed by atoms with Crippen molar-refractivity contribution in [2.24, 2.45) is 0 Å². The Bertz CT molecular complexity index is 758. The number of hydrogen-bond donors (Lipinski definition) is 1. The van der Waals surface area contributed by atoms with E-state index in [1.54, 1.807) is 7.11 Å². The number of H-pyrrole nitrogens is 1. The molecule has 144 valence electrons. The summed E-state index contributed by atoms with van der Waals surface area (Å²) in [6.07, 6.45) is 0. The van der Waals surface area contributed by atoms with Crippen LogP contribution in [-0.4, -0.2) is 33.5 Å². The molecular formula is C20H31NO4Si. The SMILES string of the molecule is COC(=O)c1[nH]c2ccc(O[Si](C(C)C)(C(C)C)C(C)C)cc2c1OC. The molecule has 0 bridgehead atoms. The zero-order chi connectivity index (χ0) is 19.6. The van der Waals surface area contributed by atoms with Gasteiger partial charge in [0.2, 0.25) is 0 Å². The van der Waals surface area contributed by atoms with Crippen LogP contribution in [0.3, 0.4) is 0 Å². The summed E-state index contributed by atoms with van der Waals surface area (Å²) in [5.41, 5.74) is 2.59. The average Bonchev–Trinajstić information content (AvgIpc) is 2.95. The zero-order valence-corrected chi connectivity index (χ0v) is 18.1. The monoisotopic (exact) mass is 377 g/mol. The third-order valence-corrected chi connectivity index (χ3v) is 11.3. The van der Waals surface area contributed by atoms with E-state index in [1.807, 2.05) is 18.2 Å². The first-order valence-electron chi connectivity index (χ1n) is 9.16. The second-order valence-electron chi connectivity index (χ2n) is 7.65. The van der Waals surface area contributed by atoms with Crippen LogP contribution in [0.5, 0.6) is 11.5 Å². The van der Waals surface area contributed by atoms with Gasteiger partial charge in [-0.2, -0.15) is 0 Å². The Morgan fingerprint density at radius 1 is 1.00 bits per heavy atom. The maximum Gasteiger partial charge on any atom is 0.358 e. The van der Waals surface area contributed by atoms with E-state index in [1.165, 1.54) is 7.11 Å². The van der Waals surface area contributed by atoms with Crippen LogP contribution in [0, 0.1) is 0 Å². The third kappa shape index (κ3) is 3.34. The number of ether oxygens (including phenoxy) is 2. The van der Waals surface area contributed by atoms with Crippen LogP contribution in [0.25, 0.3) is 10.9 Å². The first-order chi connectivity index (χ1) is 12.2. The van der Waals surface area contributed by atoms with Gasteiger partial charge in [0.1, 0.15) is 5.75 Å². The lowest BCUT2D eigenvalue weighted by Gasteiger charge is -2.42. The molecule has 26 heavy (non-hydrogen) atoms. The van der Waals surface area contributed by atoms with Gasteiger partial charge in [-0.1, -0.05) is 41.5 Å². The van der Waals surface area contributed by atoms with E-state index in [0.717, 1.165) is 16.7 Å². The highest BCUT2D eigenvalue weighted by Gasteiger charge is 2.47. The van der Waals surface area contributed by atoms with Crippen molar-refractivity contribution in [1.29, 1.82) is 0 Å². The van der Waals surface area contributed by atoms with Gasteiger partial charge < -0.3 is 18.9 Å². The van der Waals surface area contributed by atoms with E-state index < -0.39 is 14.3 Å². The summed E-state index contributed by atoms with van der Waals surface area (Å²) in [7, 11) is 0.862. The predicted molar refractivity (Wildman–Crippen MR) is 108 cm³/mol. The van der Waals surface area contributed by atoms with Crippen molar-refractivity contribution in [1.82, 2.24) is 4.98 Å². The Kier molecular flexibility index (Phi) is 6.06. The fourth-order valence-corrected chi connectivity index (χ4v) is 9.47. The second kappa shape index (κ2) is 7.74. The van der Waals surface area contributed by atoms with Crippen LogP contribution in [0.2, 0.25) is 16.6 Å². The first-order valence-corrected chi connectivity index (χ1v) is 11.3. The molecule has 5 nitrogen and oxygen atoms in total. The van der Waals surface area contributed by atoms with Crippen molar-refractivity contribution in [3.63, 3.8) is 0 Å². The molecule has 0 atom stereocenters. The first kappa shape index (κ1) is 20.4. The molecular weight excluding hydrogens is 346 g/mol. The molecule has 0 aliphatic heterocycles. The Hall–Kier alpha value is -1.95. The van der Waals surface area contributed by atoms with Gasteiger partial charge in [0.05, 0.1) is 19.7 Å². The molecule has 0 saturated heterocycles. The second-order valence-corrected chi connectivity index (χ2v) is 13.0. The zero-order valence-electron chi connectivity index (χ0n) is 17.1. The summed E-state index contributed by atoms with van der Waals surface area (Å²) in [4.78, 5) is 15.1. The number of fused-ring (bicyclic) bond motifs is 1. The largest absolute Gasteiger partial charge is 0.543 e. The topological polar surface area (TPSA) is 60.6 Å². The lowest BCUT2D eigenvalue weighted by molar-refractivity contribution is 0.0591. The molecule has 2 aromatic rings. The summed E-state index contributed by atoms with van der Waals surface area (Å²) in [6.45, 7) is 13.6. The summed E-state index contributed by atoms with van der Waals surface area (Å²) >= 11 is 0. The van der Waals surface area contributed by atoms with Crippen molar-refractivity contribution in [2.45, 2.75) is 58.2 Å². The van der Waals surface area contributed by atoms with E-state index >= 15 is 0 Å². The highest BCUT2D eigenvalue weighted by Crippen LogP contribution is 2.43. The Balaban J connectivity index is 2.55. The molecule has 0 fully saturated rings. The van der Waals surface area contributed by atoms with Crippen molar-refractivity contribution in [3.8, 4) is 11.5 Å². The summed E-state index contributed by atoms with van der Waals surface area (Å²) in [5.74, 6) is 0.868. The Morgan fingerprint density at radius 3 is 2.04 bits per heavy atom. The molecule has 0 amide bonds. The minimum Gasteiger partial charge on any atom is -0.543 e. The van der Waals surface area contributed by atoms with Crippen LogP contribution < -0.4 is 9.16 Å². The number of aromatic nitrogens is 1. The molecule has 1 aromatic carbocycles. The van der Waals surface area contributed by atoms with Gasteiger partial charge in [-0.25, -0.2) is 4.79 Å². The molecule has 6 heteroatoms. The number of rotatable bonds is 7. The molecule has 0 saturated carbocycles. The molecule has 0 aliphatic carbocycles. The fourth-order valence-electron chi connectivity index (χ4n) is 4.23. The van der Waals surface area contributed by atoms with Gasteiger partial charge in [0, 0.05) is 5.39 Å². The van der Waals surface area contributed by atoms with E-state index in [2.05, 4.69) is 46.5 Å². The predicted octanol–water partition coefficient (Wildman–Crippen LogP) is 5.52. The Labute approximate surface area is 157 Å². The van der Waals surface area contributed by atoms with Crippen LogP contribution in [-0.2, 0) is 4.74 Å². The quantitative estimate of drug-likeness (QED) is 0.510. The van der Waals surface area contributed by atoms with Gasteiger partial charge in [0.25, 0.3) is 8.32 Å². The van der Waals surface area contributed by atoms with Gasteiger partial charge in [0.15, 0.2) is 11.4 Å². The normalized spacial score (nSPS) is 12.3. The van der Waals surface area contributed by atoms with Gasteiger partial charge in [-0.3, -0.25) is 0 Å². The molecule has 0 spiro atoms. The maximum absolute atomic E-state index is 12.0. The van der Waals surface area contributed by atoms with Crippen LogP contribution in [0.4, 0.5) is 0 Å². The van der Waals surface area contributed by atoms with E-state index in [9.17, 15) is 4.79 Å². The highest BCUT2D eigenvalue weighted by molar-refractivity contribution is 6.78. The highest BCUT2D eigenvalue weighted by atomic mass is 28.4. The number of esters is 1. The molecule has 1 N–H and O–H groups in total. The number of hydrogen-bond acceptors (Lipinski definition) is 4. The van der Waals surface area contributed by atoms with Crippen molar-refractivity contribution in [2.75, 3.05) is 14.2 Å². The minimum absolute atomic E-state index is 0.322. The van der Waals surface area contributed by atoms with Crippen molar-refractivity contribution >= 4 is 25.2 Å². The van der Waals surface area contributed by atoms with E-state index in [0.29, 0.717) is 28.1 Å². The third-order valence-electron chi connectivity index (χ3n) is 5.32. The lowest BCUT2D eigenvalue weighted by Crippen LogP contribution is -2.50. The molecule has 0 aliphatic rings. The summed E-state index contributed by atoms with van der Waals surface area (Å²) in [6, 6.07) is 5.86. The van der Waals surface area contributed by atoms with E-state index in [4.69, 9.17) is 13.9 Å². The number of carbonyl (C=O) groups is 1. The average molecular weight is 378 g/mol. The number of aromatic amines is 1. The lowest BCUT2D eigenvalue weighted by atomic mass is 10.2. The van der Waals surface area contributed by atoms with Crippen LogP contribution in [0.1, 0.15) is 52.0 Å². The minimum atomic E-state index is -2.05. The number of methoxy groups -OCH3 is 2. The van der Waals surface area contributed by atoms with Gasteiger partial charge >= 0.3 is 5.97 Å². The van der Waals surface area contributed by atoms with Crippen molar-refractivity contribution in [3.05, 3.63) is 23.9 Å². The van der Waals surface area contributed by atoms with E-state index in [-0.39, 0.29) is 0 Å². The van der Waals surface area contributed by atoms with Gasteiger partial charge in [-0.15, -0.1) is 0 Å². The summed E-state index contributed by atoms with van der Waals surface area (Å²) < 4.78 is 17.1. The maximum atomic E-state index is 12.0. The standard InChI is InChI=1S/C20H31NO4Si/c1-12(2)26(13(3)4,14(5)6)25-15-9-10-17-16(11-15)19(23-7)18(21-17)20(22)24-8/h9-14,21H,1-8H3. The smallest absolute Gasteiger partial charge is 0.358 e. The number of nitrogens with one attached hydrogen (secondary N) is 1. The molecule has 0 radical (unpaired) electrons. The van der Waals surface area contributed by atoms with Gasteiger partial charge in [-0.05, 0) is 34.8 Å². The summed E-state index contributed by atoms with van der Waals surface area (Å²) in [5, 5.41) is 0.824. The molecule has 1 heterocycles. The molecule has 1 aromatic heterocycles. The van der Waals surface area contributed by atoms with Crippen molar-refractivity contribution < 1.29 is 18.7 Å². The number of carbonyl (C=O) groups excluding carboxylic acids is 1. The molecule has 0 unspecified atom stereocenters. The Morgan fingerprint density at radius 2 is 1.58 bits per heavy atom. The van der Waals surface area contributed by atoms with Crippen LogP contribution >= 0.6 is 0 Å². The number of benzene rings is 1. The molecule has 2 rings (SSSR count). The van der Waals surface area contributed by atoms with Crippen LogP contribution in [0.15, 0.2) is 18.2 Å². The fraction of sp³-hybridized carbons (Fsp3) is 0.550.